The van der Waals surface area contributed by atoms with Crippen molar-refractivity contribution >= 4 is 39.1 Å². The van der Waals surface area contributed by atoms with Gasteiger partial charge < -0.3 is 15.0 Å². The maximum atomic E-state index is 14.6. The number of carbonyl (C=O) groups excluding carboxylic acids is 2. The number of nitrogens with one attached hydrogen (secondary N) is 1. The van der Waals surface area contributed by atoms with E-state index in [9.17, 15) is 18.0 Å². The number of carbonyl (C=O) groups is 2. The predicted octanol–water partition coefficient (Wildman–Crippen LogP) is 6.80. The summed E-state index contributed by atoms with van der Waals surface area (Å²) in [5.74, 6) is -0.301. The molecule has 1 N–H and O–H groups in total. The van der Waals surface area contributed by atoms with Crippen LogP contribution >= 0.6 is 11.6 Å². The molecule has 4 rings (SSSR count). The molecule has 0 heterocycles. The SMILES string of the molecule is CCOc1ccc(N(CC(=O)N(Cc2cccc(Cl)c2)[C@@H](Cc2ccccc2)C(=O)N[C@H](C)CC)S(=O)(=O)c2ccc(C)cc2)cc1. The molecule has 0 aliphatic rings. The minimum atomic E-state index is -4.21. The molecule has 47 heavy (non-hydrogen) atoms. The maximum Gasteiger partial charge on any atom is 0.264 e. The van der Waals surface area contributed by atoms with E-state index in [1.54, 1.807) is 54.6 Å². The number of hydrogen-bond acceptors (Lipinski definition) is 5. The van der Waals surface area contributed by atoms with Gasteiger partial charge in [-0.25, -0.2) is 8.42 Å². The van der Waals surface area contributed by atoms with Gasteiger partial charge >= 0.3 is 0 Å². The zero-order chi connectivity index (χ0) is 34.0. The summed E-state index contributed by atoms with van der Waals surface area (Å²) in [7, 11) is -4.21. The minimum Gasteiger partial charge on any atom is -0.494 e. The molecule has 0 radical (unpaired) electrons. The first-order chi connectivity index (χ1) is 22.5. The molecule has 4 aromatic carbocycles. The summed E-state index contributed by atoms with van der Waals surface area (Å²) in [6.07, 6.45) is 0.926. The highest BCUT2D eigenvalue weighted by Crippen LogP contribution is 2.27. The summed E-state index contributed by atoms with van der Waals surface area (Å²) in [5, 5.41) is 3.53. The first kappa shape index (κ1) is 35.5. The third-order valence-corrected chi connectivity index (χ3v) is 9.86. The molecule has 0 aromatic heterocycles. The normalized spacial score (nSPS) is 12.5. The molecule has 10 heteroatoms. The van der Waals surface area contributed by atoms with Crippen LogP contribution in [0.25, 0.3) is 0 Å². The van der Waals surface area contributed by atoms with Crippen molar-refractivity contribution < 1.29 is 22.7 Å². The van der Waals surface area contributed by atoms with Gasteiger partial charge in [0.2, 0.25) is 11.8 Å². The Hall–Kier alpha value is -4.34. The number of halogens is 1. The second-order valence-electron chi connectivity index (χ2n) is 11.4. The Morgan fingerprint density at radius 2 is 1.53 bits per heavy atom. The summed E-state index contributed by atoms with van der Waals surface area (Å²) in [4.78, 5) is 30.0. The highest BCUT2D eigenvalue weighted by atomic mass is 35.5. The third-order valence-electron chi connectivity index (χ3n) is 7.84. The van der Waals surface area contributed by atoms with Crippen molar-refractivity contribution in [3.63, 3.8) is 0 Å². The molecule has 0 aliphatic carbocycles. The number of ether oxygens (including phenoxy) is 1. The monoisotopic (exact) mass is 675 g/mol. The van der Waals surface area contributed by atoms with Gasteiger partial charge in [0.25, 0.3) is 10.0 Å². The van der Waals surface area contributed by atoms with E-state index < -0.39 is 28.5 Å². The van der Waals surface area contributed by atoms with Crippen molar-refractivity contribution in [3.05, 3.63) is 125 Å². The topological polar surface area (TPSA) is 96.0 Å². The molecule has 0 bridgehead atoms. The molecule has 248 valence electrons. The first-order valence-electron chi connectivity index (χ1n) is 15.7. The number of nitrogens with zero attached hydrogens (tertiary/aromatic N) is 2. The molecule has 0 aliphatic heterocycles. The van der Waals surface area contributed by atoms with Gasteiger partial charge in [-0.3, -0.25) is 13.9 Å². The fourth-order valence-corrected chi connectivity index (χ4v) is 6.70. The molecule has 0 saturated carbocycles. The predicted molar refractivity (Wildman–Crippen MR) is 187 cm³/mol. The second kappa shape index (κ2) is 16.5. The molecule has 0 fully saturated rings. The average molecular weight is 676 g/mol. The number of benzene rings is 4. The Morgan fingerprint density at radius 3 is 2.15 bits per heavy atom. The van der Waals surface area contributed by atoms with Gasteiger partial charge in [0, 0.05) is 24.0 Å². The zero-order valence-electron chi connectivity index (χ0n) is 27.2. The number of sulfonamides is 1. The van der Waals surface area contributed by atoms with E-state index in [-0.39, 0.29) is 35.5 Å². The molecule has 0 unspecified atom stereocenters. The van der Waals surface area contributed by atoms with Crippen LogP contribution in [0.5, 0.6) is 5.75 Å². The van der Waals surface area contributed by atoms with Crippen LogP contribution in [0.4, 0.5) is 5.69 Å². The summed E-state index contributed by atoms with van der Waals surface area (Å²) < 4.78 is 35.1. The van der Waals surface area contributed by atoms with Crippen molar-refractivity contribution in [1.29, 1.82) is 0 Å². The van der Waals surface area contributed by atoms with E-state index in [1.165, 1.54) is 17.0 Å². The molecule has 0 saturated heterocycles. The number of amides is 2. The summed E-state index contributed by atoms with van der Waals surface area (Å²) in [6.45, 7) is 7.54. The van der Waals surface area contributed by atoms with Gasteiger partial charge in [0.1, 0.15) is 18.3 Å². The van der Waals surface area contributed by atoms with Crippen LogP contribution in [-0.4, -0.2) is 50.4 Å². The molecular formula is C37H42ClN3O5S. The summed E-state index contributed by atoms with van der Waals surface area (Å²) in [5.41, 5.74) is 2.75. The number of hydrogen-bond donors (Lipinski definition) is 1. The van der Waals surface area contributed by atoms with Crippen molar-refractivity contribution in [2.75, 3.05) is 17.5 Å². The largest absolute Gasteiger partial charge is 0.494 e. The molecule has 2 atom stereocenters. The lowest BCUT2D eigenvalue weighted by Gasteiger charge is -2.34. The van der Waals surface area contributed by atoms with E-state index in [2.05, 4.69) is 5.32 Å². The van der Waals surface area contributed by atoms with Crippen LogP contribution in [0.1, 0.15) is 43.9 Å². The van der Waals surface area contributed by atoms with Crippen LogP contribution in [0.3, 0.4) is 0 Å². The molecule has 0 spiro atoms. The van der Waals surface area contributed by atoms with Crippen molar-refractivity contribution in [3.8, 4) is 5.75 Å². The van der Waals surface area contributed by atoms with E-state index >= 15 is 0 Å². The van der Waals surface area contributed by atoms with E-state index in [1.807, 2.05) is 64.1 Å². The summed E-state index contributed by atoms with van der Waals surface area (Å²) >= 11 is 6.33. The van der Waals surface area contributed by atoms with E-state index in [0.717, 1.165) is 15.4 Å². The third kappa shape index (κ3) is 9.59. The van der Waals surface area contributed by atoms with Crippen LogP contribution in [0.15, 0.2) is 108 Å². The Kier molecular flexibility index (Phi) is 12.4. The molecule has 2 amide bonds. The van der Waals surface area contributed by atoms with Gasteiger partial charge in [0.15, 0.2) is 0 Å². The van der Waals surface area contributed by atoms with Crippen molar-refractivity contribution in [1.82, 2.24) is 10.2 Å². The van der Waals surface area contributed by atoms with Crippen LogP contribution in [-0.2, 0) is 32.6 Å². The first-order valence-corrected chi connectivity index (χ1v) is 17.5. The van der Waals surface area contributed by atoms with Gasteiger partial charge in [-0.15, -0.1) is 0 Å². The summed E-state index contributed by atoms with van der Waals surface area (Å²) in [6, 6.07) is 28.5. The Morgan fingerprint density at radius 1 is 0.872 bits per heavy atom. The minimum absolute atomic E-state index is 0.0342. The quantitative estimate of drug-likeness (QED) is 0.150. The lowest BCUT2D eigenvalue weighted by Crippen LogP contribution is -2.54. The Bertz CT molecular complexity index is 1730. The fourth-order valence-electron chi connectivity index (χ4n) is 5.07. The van der Waals surface area contributed by atoms with Gasteiger partial charge in [-0.05, 0) is 86.8 Å². The fraction of sp³-hybridized carbons (Fsp3) is 0.297. The zero-order valence-corrected chi connectivity index (χ0v) is 28.8. The second-order valence-corrected chi connectivity index (χ2v) is 13.7. The Balaban J connectivity index is 1.81. The van der Waals surface area contributed by atoms with Gasteiger partial charge in [-0.1, -0.05) is 78.7 Å². The van der Waals surface area contributed by atoms with E-state index in [0.29, 0.717) is 29.4 Å². The number of rotatable bonds is 15. The number of aryl methyl sites for hydroxylation is 1. The molecular weight excluding hydrogens is 634 g/mol. The molecule has 8 nitrogen and oxygen atoms in total. The van der Waals surface area contributed by atoms with Crippen LogP contribution in [0, 0.1) is 6.92 Å². The van der Waals surface area contributed by atoms with Crippen molar-refractivity contribution in [2.45, 2.75) is 64.1 Å². The maximum absolute atomic E-state index is 14.6. The average Bonchev–Trinajstić information content (AvgIpc) is 3.06. The van der Waals surface area contributed by atoms with Gasteiger partial charge in [0.05, 0.1) is 17.2 Å². The smallest absolute Gasteiger partial charge is 0.264 e. The standard InChI is InChI=1S/C37H42ClN3O5S/c1-5-28(4)39-37(43)35(24-29-11-8-7-9-12-29)40(25-30-13-10-14-31(38)23-30)36(42)26-41(32-17-19-33(20-18-32)46-6-2)47(44,45)34-21-15-27(3)16-22-34/h7-23,28,35H,5-6,24-26H2,1-4H3,(H,39,43)/t28-,35+/m1/s1. The lowest BCUT2D eigenvalue weighted by atomic mass is 10.0. The van der Waals surface area contributed by atoms with Gasteiger partial charge in [-0.2, -0.15) is 0 Å². The highest BCUT2D eigenvalue weighted by molar-refractivity contribution is 7.92. The van der Waals surface area contributed by atoms with Crippen molar-refractivity contribution in [2.24, 2.45) is 0 Å². The molecule has 4 aromatic rings. The van der Waals surface area contributed by atoms with Crippen LogP contribution < -0.4 is 14.4 Å². The number of anilines is 1. The lowest BCUT2D eigenvalue weighted by molar-refractivity contribution is -0.140. The Labute approximate surface area is 283 Å². The van der Waals surface area contributed by atoms with Crippen LogP contribution in [0.2, 0.25) is 5.02 Å². The van der Waals surface area contributed by atoms with E-state index in [4.69, 9.17) is 16.3 Å². The highest BCUT2D eigenvalue weighted by Gasteiger charge is 2.35.